The molecular weight excluding hydrogens is 285 g/mol. The van der Waals surface area contributed by atoms with Crippen molar-refractivity contribution < 1.29 is 27.4 Å². The van der Waals surface area contributed by atoms with Crippen LogP contribution >= 0.6 is 11.6 Å². The molecule has 2 rings (SSSR count). The molecule has 7 heteroatoms. The molecule has 1 heterocycles. The van der Waals surface area contributed by atoms with Gasteiger partial charge < -0.3 is 14.2 Å². The van der Waals surface area contributed by atoms with Crippen LogP contribution < -0.4 is 4.74 Å². The Morgan fingerprint density at radius 3 is 2.63 bits per heavy atom. The third-order valence-electron chi connectivity index (χ3n) is 2.63. The number of hydrogen-bond donors (Lipinski definition) is 0. The predicted octanol–water partition coefficient (Wildman–Crippen LogP) is 3.37. The van der Waals surface area contributed by atoms with Crippen LogP contribution in [0.5, 0.6) is 5.75 Å². The summed E-state index contributed by atoms with van der Waals surface area (Å²) >= 11 is 5.83. The number of benzene rings is 1. The maximum atomic E-state index is 13.0. The molecule has 19 heavy (non-hydrogen) atoms. The molecule has 1 aliphatic heterocycles. The Balaban J connectivity index is 2.18. The number of alkyl halides is 3. The van der Waals surface area contributed by atoms with Crippen molar-refractivity contribution in [3.05, 3.63) is 28.8 Å². The van der Waals surface area contributed by atoms with E-state index in [0.29, 0.717) is 12.4 Å². The Morgan fingerprint density at radius 2 is 2.16 bits per heavy atom. The van der Waals surface area contributed by atoms with E-state index in [2.05, 4.69) is 0 Å². The van der Waals surface area contributed by atoms with Crippen LogP contribution in [0, 0.1) is 0 Å². The van der Waals surface area contributed by atoms with Crippen LogP contribution in [0.2, 0.25) is 5.02 Å². The van der Waals surface area contributed by atoms with Crippen molar-refractivity contribution in [3.8, 4) is 5.75 Å². The van der Waals surface area contributed by atoms with E-state index >= 15 is 0 Å². The molecule has 1 fully saturated rings. The highest BCUT2D eigenvalue weighted by molar-refractivity contribution is 6.32. The molecule has 1 aromatic rings. The van der Waals surface area contributed by atoms with Gasteiger partial charge in [0, 0.05) is 0 Å². The first-order chi connectivity index (χ1) is 8.91. The first-order valence-corrected chi connectivity index (χ1v) is 5.93. The molecule has 0 N–H and O–H groups in total. The maximum Gasteiger partial charge on any atom is 0.418 e. The molecule has 3 nitrogen and oxygen atoms in total. The van der Waals surface area contributed by atoms with Crippen molar-refractivity contribution in [1.29, 1.82) is 0 Å². The number of rotatable bonds is 5. The van der Waals surface area contributed by atoms with E-state index in [-0.39, 0.29) is 23.3 Å². The number of hydrogen-bond acceptors (Lipinski definition) is 3. The molecule has 0 bridgehead atoms. The largest absolute Gasteiger partial charge is 0.495 e. The lowest BCUT2D eigenvalue weighted by molar-refractivity contribution is -0.224. The summed E-state index contributed by atoms with van der Waals surface area (Å²) < 4.78 is 53.5. The third-order valence-corrected chi connectivity index (χ3v) is 2.92. The number of halogens is 4. The molecule has 0 aromatic heterocycles. The second kappa shape index (κ2) is 5.56. The zero-order valence-electron chi connectivity index (χ0n) is 10.0. The van der Waals surface area contributed by atoms with Gasteiger partial charge in [0.05, 0.1) is 25.3 Å². The van der Waals surface area contributed by atoms with Crippen LogP contribution in [-0.2, 0) is 9.47 Å². The summed E-state index contributed by atoms with van der Waals surface area (Å²) in [6.45, 7) is 0.349. The van der Waals surface area contributed by atoms with Gasteiger partial charge >= 0.3 is 6.18 Å². The summed E-state index contributed by atoms with van der Waals surface area (Å²) in [5, 5.41) is 0.112. The number of methoxy groups -OCH3 is 1. The average Bonchev–Trinajstić information content (AvgIpc) is 3.12. The van der Waals surface area contributed by atoms with Crippen molar-refractivity contribution in [2.24, 2.45) is 0 Å². The van der Waals surface area contributed by atoms with Crippen LogP contribution in [0.1, 0.15) is 11.7 Å². The summed E-state index contributed by atoms with van der Waals surface area (Å²) in [4.78, 5) is 0. The zero-order chi connectivity index (χ0) is 14.0. The molecule has 106 valence electrons. The standard InChI is InChI=1S/C12H12ClF3O3/c1-17-10-3-2-7(4-9(10)13)11(12(14,15)16)19-6-8-5-18-8/h2-4,8,11H,5-6H2,1H3/t8-,11+/m0/s1. The summed E-state index contributed by atoms with van der Waals surface area (Å²) in [5.74, 6) is 0.317. The van der Waals surface area contributed by atoms with Gasteiger partial charge in [-0.15, -0.1) is 0 Å². The number of ether oxygens (including phenoxy) is 3. The van der Waals surface area contributed by atoms with Crippen molar-refractivity contribution in [2.75, 3.05) is 20.3 Å². The Kier molecular flexibility index (Phi) is 4.23. The van der Waals surface area contributed by atoms with Gasteiger partial charge in [0.25, 0.3) is 0 Å². The Hall–Kier alpha value is -0.980. The smallest absolute Gasteiger partial charge is 0.418 e. The highest BCUT2D eigenvalue weighted by atomic mass is 35.5. The average molecular weight is 297 g/mol. The van der Waals surface area contributed by atoms with Crippen LogP contribution in [-0.4, -0.2) is 32.6 Å². The lowest BCUT2D eigenvalue weighted by atomic mass is 10.1. The fourth-order valence-electron chi connectivity index (χ4n) is 1.59. The predicted molar refractivity (Wildman–Crippen MR) is 62.5 cm³/mol. The summed E-state index contributed by atoms with van der Waals surface area (Å²) in [6.07, 6.45) is -6.76. The number of epoxide rings is 1. The minimum atomic E-state index is -4.51. The molecule has 0 amide bonds. The molecule has 0 aliphatic carbocycles. The quantitative estimate of drug-likeness (QED) is 0.781. The van der Waals surface area contributed by atoms with E-state index in [9.17, 15) is 13.2 Å². The second-order valence-corrected chi connectivity index (χ2v) is 4.51. The van der Waals surface area contributed by atoms with Crippen molar-refractivity contribution in [1.82, 2.24) is 0 Å². The van der Waals surface area contributed by atoms with Gasteiger partial charge in [0.1, 0.15) is 11.9 Å². The van der Waals surface area contributed by atoms with E-state index < -0.39 is 12.3 Å². The van der Waals surface area contributed by atoms with Crippen LogP contribution in [0.25, 0.3) is 0 Å². The Labute approximate surface area is 113 Å². The first kappa shape index (κ1) is 14.4. The fourth-order valence-corrected chi connectivity index (χ4v) is 1.86. The van der Waals surface area contributed by atoms with Gasteiger partial charge in [0.15, 0.2) is 6.10 Å². The molecule has 0 radical (unpaired) electrons. The van der Waals surface area contributed by atoms with E-state index in [1.54, 1.807) is 0 Å². The molecular formula is C12H12ClF3O3. The molecule has 0 saturated carbocycles. The first-order valence-electron chi connectivity index (χ1n) is 5.55. The lowest BCUT2D eigenvalue weighted by Crippen LogP contribution is -2.25. The molecule has 0 unspecified atom stereocenters. The third kappa shape index (κ3) is 3.75. The monoisotopic (exact) mass is 296 g/mol. The molecule has 2 atom stereocenters. The van der Waals surface area contributed by atoms with Gasteiger partial charge in [0.2, 0.25) is 0 Å². The Bertz CT molecular complexity index is 446. The SMILES string of the molecule is COc1ccc([C@@H](OC[C@@H]2CO2)C(F)(F)F)cc1Cl. The van der Waals surface area contributed by atoms with Gasteiger partial charge in [-0.05, 0) is 17.7 Å². The molecule has 1 saturated heterocycles. The lowest BCUT2D eigenvalue weighted by Gasteiger charge is -2.21. The van der Waals surface area contributed by atoms with Crippen molar-refractivity contribution >= 4 is 11.6 Å². The van der Waals surface area contributed by atoms with Crippen LogP contribution in [0.15, 0.2) is 18.2 Å². The molecule has 0 spiro atoms. The minimum Gasteiger partial charge on any atom is -0.495 e. The zero-order valence-corrected chi connectivity index (χ0v) is 10.8. The van der Waals surface area contributed by atoms with Crippen LogP contribution in [0.4, 0.5) is 13.2 Å². The van der Waals surface area contributed by atoms with E-state index in [4.69, 9.17) is 25.8 Å². The normalized spacial score (nSPS) is 20.2. The van der Waals surface area contributed by atoms with Crippen molar-refractivity contribution in [3.63, 3.8) is 0 Å². The maximum absolute atomic E-state index is 13.0. The van der Waals surface area contributed by atoms with Crippen LogP contribution in [0.3, 0.4) is 0 Å². The van der Waals surface area contributed by atoms with Gasteiger partial charge in [-0.25, -0.2) is 0 Å². The summed E-state index contributed by atoms with van der Waals surface area (Å²) in [7, 11) is 1.39. The highest BCUT2D eigenvalue weighted by Gasteiger charge is 2.43. The fraction of sp³-hybridized carbons (Fsp3) is 0.500. The summed E-state index contributed by atoms with van der Waals surface area (Å²) in [5.41, 5.74) is -0.0565. The minimum absolute atomic E-state index is 0.0565. The second-order valence-electron chi connectivity index (χ2n) is 4.10. The molecule has 1 aromatic carbocycles. The summed E-state index contributed by atoms with van der Waals surface area (Å²) in [6, 6.07) is 3.87. The topological polar surface area (TPSA) is 31.0 Å². The van der Waals surface area contributed by atoms with E-state index in [0.717, 1.165) is 0 Å². The van der Waals surface area contributed by atoms with E-state index in [1.165, 1.54) is 25.3 Å². The van der Waals surface area contributed by atoms with E-state index in [1.807, 2.05) is 0 Å². The van der Waals surface area contributed by atoms with Crippen molar-refractivity contribution in [2.45, 2.75) is 18.4 Å². The molecule has 1 aliphatic rings. The van der Waals surface area contributed by atoms with Gasteiger partial charge in [-0.3, -0.25) is 0 Å². The Morgan fingerprint density at radius 1 is 1.47 bits per heavy atom. The van der Waals surface area contributed by atoms with Gasteiger partial charge in [-0.2, -0.15) is 13.2 Å². The van der Waals surface area contributed by atoms with Gasteiger partial charge in [-0.1, -0.05) is 17.7 Å². The highest BCUT2D eigenvalue weighted by Crippen LogP contribution is 2.38.